The lowest BCUT2D eigenvalue weighted by Crippen LogP contribution is -2.07. The van der Waals surface area contributed by atoms with Crippen LogP contribution in [0.3, 0.4) is 0 Å². The Balaban J connectivity index is 1.91. The van der Waals surface area contributed by atoms with E-state index < -0.39 is 0 Å². The van der Waals surface area contributed by atoms with E-state index in [-0.39, 0.29) is 0 Å². The van der Waals surface area contributed by atoms with Gasteiger partial charge in [-0.3, -0.25) is 4.98 Å². The Morgan fingerprint density at radius 3 is 2.38 bits per heavy atom. The molecular weight excluding hydrogens is 256 g/mol. The normalized spacial score (nSPS) is 11.1. The molecule has 21 heavy (non-hydrogen) atoms. The van der Waals surface area contributed by atoms with Gasteiger partial charge in [-0.1, -0.05) is 42.5 Å². The van der Waals surface area contributed by atoms with E-state index >= 15 is 0 Å². The van der Waals surface area contributed by atoms with Crippen LogP contribution in [0.2, 0.25) is 0 Å². The van der Waals surface area contributed by atoms with Crippen molar-refractivity contribution < 1.29 is 0 Å². The molecule has 0 aliphatic rings. The quantitative estimate of drug-likeness (QED) is 0.700. The third-order valence-electron chi connectivity index (χ3n) is 3.55. The summed E-state index contributed by atoms with van der Waals surface area (Å²) in [4.78, 5) is 6.49. The average molecular weight is 274 g/mol. The number of hydrogen-bond donors (Lipinski definition) is 0. The highest BCUT2D eigenvalue weighted by molar-refractivity contribution is 5.90. The fourth-order valence-corrected chi connectivity index (χ4v) is 2.33. The minimum absolute atomic E-state index is 1.03. The summed E-state index contributed by atoms with van der Waals surface area (Å²) in [6.45, 7) is 0. The van der Waals surface area contributed by atoms with Crippen molar-refractivity contribution in [1.29, 1.82) is 0 Å². The van der Waals surface area contributed by atoms with E-state index in [9.17, 15) is 0 Å². The van der Waals surface area contributed by atoms with Crippen LogP contribution >= 0.6 is 0 Å². The van der Waals surface area contributed by atoms with Crippen LogP contribution in [-0.4, -0.2) is 19.1 Å². The van der Waals surface area contributed by atoms with E-state index in [1.165, 1.54) is 22.2 Å². The maximum Gasteiger partial charge on any atom is 0.0707 e. The SMILES string of the molecule is CN(C)c1ccc(/C=C/c2ccnc3ccccc23)cc1. The van der Waals surface area contributed by atoms with E-state index in [0.717, 1.165) is 5.52 Å². The highest BCUT2D eigenvalue weighted by atomic mass is 15.1. The van der Waals surface area contributed by atoms with Gasteiger partial charge in [-0.15, -0.1) is 0 Å². The lowest BCUT2D eigenvalue weighted by Gasteiger charge is -2.11. The predicted octanol–water partition coefficient (Wildman–Crippen LogP) is 4.47. The van der Waals surface area contributed by atoms with Crippen LogP contribution in [-0.2, 0) is 0 Å². The Hall–Kier alpha value is -2.61. The van der Waals surface area contributed by atoms with Crippen molar-refractivity contribution in [3.63, 3.8) is 0 Å². The molecule has 0 N–H and O–H groups in total. The first-order valence-electron chi connectivity index (χ1n) is 7.03. The monoisotopic (exact) mass is 274 g/mol. The van der Waals surface area contributed by atoms with Gasteiger partial charge in [0.2, 0.25) is 0 Å². The summed E-state index contributed by atoms with van der Waals surface area (Å²) < 4.78 is 0. The summed E-state index contributed by atoms with van der Waals surface area (Å²) in [5.74, 6) is 0. The Morgan fingerprint density at radius 2 is 1.62 bits per heavy atom. The molecule has 1 aromatic heterocycles. The number of aromatic nitrogens is 1. The van der Waals surface area contributed by atoms with Crippen LogP contribution in [0.15, 0.2) is 60.8 Å². The molecule has 0 spiro atoms. The first kappa shape index (κ1) is 13.4. The second-order valence-electron chi connectivity index (χ2n) is 5.24. The molecule has 0 aliphatic heterocycles. The maximum atomic E-state index is 4.39. The van der Waals surface area contributed by atoms with Crippen molar-refractivity contribution in [1.82, 2.24) is 4.98 Å². The summed E-state index contributed by atoms with van der Waals surface area (Å²) in [7, 11) is 4.10. The van der Waals surface area contributed by atoms with Crippen molar-refractivity contribution >= 4 is 28.7 Å². The number of benzene rings is 2. The molecule has 1 heterocycles. The van der Waals surface area contributed by atoms with Crippen molar-refractivity contribution in [2.45, 2.75) is 0 Å². The van der Waals surface area contributed by atoms with Crippen LogP contribution in [0.5, 0.6) is 0 Å². The van der Waals surface area contributed by atoms with Gasteiger partial charge in [-0.2, -0.15) is 0 Å². The number of pyridine rings is 1. The zero-order valence-electron chi connectivity index (χ0n) is 12.3. The molecule has 0 fully saturated rings. The summed E-state index contributed by atoms with van der Waals surface area (Å²) >= 11 is 0. The number of fused-ring (bicyclic) bond motifs is 1. The number of para-hydroxylation sites is 1. The molecule has 104 valence electrons. The molecule has 0 unspecified atom stereocenters. The van der Waals surface area contributed by atoms with E-state index in [0.29, 0.717) is 0 Å². The summed E-state index contributed by atoms with van der Waals surface area (Å²) in [6.07, 6.45) is 6.15. The molecular formula is C19H18N2. The third-order valence-corrected chi connectivity index (χ3v) is 3.55. The highest BCUT2D eigenvalue weighted by Crippen LogP contribution is 2.19. The predicted molar refractivity (Wildman–Crippen MR) is 91.4 cm³/mol. The molecule has 0 bridgehead atoms. The van der Waals surface area contributed by atoms with Gasteiger partial charge >= 0.3 is 0 Å². The van der Waals surface area contributed by atoms with Crippen LogP contribution in [0, 0.1) is 0 Å². The lowest BCUT2D eigenvalue weighted by molar-refractivity contribution is 1.13. The number of hydrogen-bond acceptors (Lipinski definition) is 2. The van der Waals surface area contributed by atoms with Gasteiger partial charge in [-0.25, -0.2) is 0 Å². The van der Waals surface area contributed by atoms with Gasteiger partial charge in [0.25, 0.3) is 0 Å². The summed E-state index contributed by atoms with van der Waals surface area (Å²) in [6, 6.07) is 18.8. The van der Waals surface area contributed by atoms with Crippen molar-refractivity contribution in [2.24, 2.45) is 0 Å². The Bertz CT molecular complexity index is 766. The minimum Gasteiger partial charge on any atom is -0.378 e. The smallest absolute Gasteiger partial charge is 0.0707 e. The van der Waals surface area contributed by atoms with Crippen molar-refractivity contribution in [3.8, 4) is 0 Å². The Labute approximate surface area is 125 Å². The van der Waals surface area contributed by atoms with Gasteiger partial charge in [0.15, 0.2) is 0 Å². The van der Waals surface area contributed by atoms with Gasteiger partial charge in [0, 0.05) is 31.4 Å². The third kappa shape index (κ3) is 2.95. The molecule has 0 saturated carbocycles. The highest BCUT2D eigenvalue weighted by Gasteiger charge is 1.98. The van der Waals surface area contributed by atoms with Crippen LogP contribution < -0.4 is 4.90 Å². The second-order valence-corrected chi connectivity index (χ2v) is 5.24. The molecule has 0 amide bonds. The summed E-state index contributed by atoms with van der Waals surface area (Å²) in [5, 5.41) is 1.18. The molecule has 2 nitrogen and oxygen atoms in total. The maximum absolute atomic E-state index is 4.39. The standard InChI is InChI=1S/C19H18N2/c1-21(2)17-11-8-15(9-12-17)7-10-16-13-14-20-19-6-4-3-5-18(16)19/h3-14H,1-2H3/b10-7+. The molecule has 0 atom stereocenters. The fraction of sp³-hybridized carbons (Fsp3) is 0.105. The average Bonchev–Trinajstić information content (AvgIpc) is 2.53. The number of anilines is 1. The molecule has 2 heteroatoms. The van der Waals surface area contributed by atoms with Gasteiger partial charge < -0.3 is 4.90 Å². The Morgan fingerprint density at radius 1 is 0.857 bits per heavy atom. The van der Waals surface area contributed by atoms with Crippen LogP contribution in [0.4, 0.5) is 5.69 Å². The van der Waals surface area contributed by atoms with Gasteiger partial charge in [0.1, 0.15) is 0 Å². The lowest BCUT2D eigenvalue weighted by atomic mass is 10.1. The van der Waals surface area contributed by atoms with Crippen LogP contribution in [0.1, 0.15) is 11.1 Å². The number of nitrogens with zero attached hydrogens (tertiary/aromatic N) is 2. The fourth-order valence-electron chi connectivity index (χ4n) is 2.33. The van der Waals surface area contributed by atoms with E-state index in [1.54, 1.807) is 0 Å². The molecule has 0 radical (unpaired) electrons. The molecule has 3 rings (SSSR count). The van der Waals surface area contributed by atoms with E-state index in [1.807, 2.05) is 44.6 Å². The molecule has 3 aromatic rings. The molecule has 0 aliphatic carbocycles. The first-order chi connectivity index (χ1) is 10.2. The summed E-state index contributed by atoms with van der Waals surface area (Å²) in [5.41, 5.74) is 4.63. The van der Waals surface area contributed by atoms with E-state index in [4.69, 9.17) is 0 Å². The van der Waals surface area contributed by atoms with Crippen molar-refractivity contribution in [2.75, 3.05) is 19.0 Å². The molecule has 0 saturated heterocycles. The largest absolute Gasteiger partial charge is 0.378 e. The minimum atomic E-state index is 1.03. The number of rotatable bonds is 3. The zero-order chi connectivity index (χ0) is 14.7. The van der Waals surface area contributed by atoms with Crippen molar-refractivity contribution in [3.05, 3.63) is 71.9 Å². The Kier molecular flexibility index (Phi) is 3.69. The van der Waals surface area contributed by atoms with E-state index in [2.05, 4.69) is 52.4 Å². The topological polar surface area (TPSA) is 16.1 Å². The van der Waals surface area contributed by atoms with Gasteiger partial charge in [0.05, 0.1) is 5.52 Å². The second kappa shape index (κ2) is 5.80. The van der Waals surface area contributed by atoms with Gasteiger partial charge in [-0.05, 0) is 35.4 Å². The zero-order valence-corrected chi connectivity index (χ0v) is 12.3. The molecule has 2 aromatic carbocycles. The van der Waals surface area contributed by atoms with Crippen LogP contribution in [0.25, 0.3) is 23.1 Å². The first-order valence-corrected chi connectivity index (χ1v) is 7.03.